The van der Waals surface area contributed by atoms with Gasteiger partial charge in [-0.3, -0.25) is 4.79 Å². The number of benzene rings is 2. The van der Waals surface area contributed by atoms with Crippen molar-refractivity contribution in [1.29, 1.82) is 0 Å². The van der Waals surface area contributed by atoms with Crippen LogP contribution in [0.2, 0.25) is 0 Å². The van der Waals surface area contributed by atoms with Gasteiger partial charge in [-0.1, -0.05) is 29.8 Å². The smallest absolute Gasteiger partial charge is 0.387 e. The first-order valence-corrected chi connectivity index (χ1v) is 6.93. The number of halogens is 2. The molecule has 0 aliphatic rings. The fourth-order valence-electron chi connectivity index (χ4n) is 1.96. The normalized spacial score (nSPS) is 10.5. The van der Waals surface area contributed by atoms with Crippen molar-refractivity contribution in [2.75, 3.05) is 6.54 Å². The first kappa shape index (κ1) is 15.9. The van der Waals surface area contributed by atoms with E-state index in [2.05, 4.69) is 10.1 Å². The van der Waals surface area contributed by atoms with E-state index in [1.165, 1.54) is 12.1 Å². The molecule has 0 aromatic heterocycles. The number of alkyl halides is 2. The molecule has 0 spiro atoms. The summed E-state index contributed by atoms with van der Waals surface area (Å²) in [4.78, 5) is 11.9. The quantitative estimate of drug-likeness (QED) is 0.886. The lowest BCUT2D eigenvalue weighted by Gasteiger charge is -2.07. The molecule has 3 nitrogen and oxygen atoms in total. The van der Waals surface area contributed by atoms with Crippen LogP contribution in [-0.4, -0.2) is 19.1 Å². The van der Waals surface area contributed by atoms with E-state index in [1.807, 2.05) is 19.1 Å². The van der Waals surface area contributed by atoms with Gasteiger partial charge in [0.25, 0.3) is 5.91 Å². The Balaban J connectivity index is 1.80. The monoisotopic (exact) mass is 305 g/mol. The standard InChI is InChI=1S/C17H17F2NO2/c1-12-2-6-14(7-3-12)16(21)20-11-10-13-4-8-15(9-5-13)22-17(18)19/h2-9,17H,10-11H2,1H3,(H,20,21). The van der Waals surface area contributed by atoms with Gasteiger partial charge in [0.15, 0.2) is 0 Å². The molecule has 2 rings (SSSR count). The Bertz CT molecular complexity index is 610. The number of hydrogen-bond acceptors (Lipinski definition) is 2. The molecule has 0 unspecified atom stereocenters. The van der Waals surface area contributed by atoms with E-state index in [4.69, 9.17) is 0 Å². The number of rotatable bonds is 6. The van der Waals surface area contributed by atoms with Gasteiger partial charge in [-0.15, -0.1) is 0 Å². The van der Waals surface area contributed by atoms with Crippen LogP contribution in [-0.2, 0) is 6.42 Å². The zero-order valence-electron chi connectivity index (χ0n) is 12.2. The van der Waals surface area contributed by atoms with Gasteiger partial charge >= 0.3 is 6.61 Å². The second kappa shape index (κ2) is 7.54. The first-order valence-electron chi connectivity index (χ1n) is 6.93. The van der Waals surface area contributed by atoms with E-state index < -0.39 is 6.61 Å². The fourth-order valence-corrected chi connectivity index (χ4v) is 1.96. The number of carbonyl (C=O) groups is 1. The molecule has 5 heteroatoms. The Morgan fingerprint density at radius 3 is 2.32 bits per heavy atom. The molecule has 1 N–H and O–H groups in total. The zero-order chi connectivity index (χ0) is 15.9. The molecule has 22 heavy (non-hydrogen) atoms. The average Bonchev–Trinajstić information content (AvgIpc) is 2.49. The van der Waals surface area contributed by atoms with Crippen molar-refractivity contribution >= 4 is 5.91 Å². The summed E-state index contributed by atoms with van der Waals surface area (Å²) in [6.45, 7) is -0.384. The Kier molecular flexibility index (Phi) is 5.47. The minimum atomic E-state index is -2.82. The molecule has 1 amide bonds. The second-order valence-electron chi connectivity index (χ2n) is 4.89. The number of carbonyl (C=O) groups excluding carboxylic acids is 1. The van der Waals surface area contributed by atoms with Crippen LogP contribution < -0.4 is 10.1 Å². The van der Waals surface area contributed by atoms with Gasteiger partial charge < -0.3 is 10.1 Å². The maximum atomic E-state index is 12.0. The van der Waals surface area contributed by atoms with Crippen LogP contribution in [0.25, 0.3) is 0 Å². The number of aryl methyl sites for hydroxylation is 1. The summed E-state index contributed by atoms with van der Waals surface area (Å²) >= 11 is 0. The van der Waals surface area contributed by atoms with Gasteiger partial charge in [0.2, 0.25) is 0 Å². The Morgan fingerprint density at radius 2 is 1.73 bits per heavy atom. The summed E-state index contributed by atoms with van der Waals surface area (Å²) in [5.74, 6) is 0.0000878. The van der Waals surface area contributed by atoms with Gasteiger partial charge in [-0.05, 0) is 43.2 Å². The second-order valence-corrected chi connectivity index (χ2v) is 4.89. The summed E-state index contributed by atoms with van der Waals surface area (Å²) in [6, 6.07) is 13.7. The molecule has 0 radical (unpaired) electrons. The average molecular weight is 305 g/mol. The largest absolute Gasteiger partial charge is 0.435 e. The van der Waals surface area contributed by atoms with Crippen LogP contribution in [0.1, 0.15) is 21.5 Å². The maximum absolute atomic E-state index is 12.0. The topological polar surface area (TPSA) is 38.3 Å². The van der Waals surface area contributed by atoms with Gasteiger partial charge in [0.05, 0.1) is 0 Å². The zero-order valence-corrected chi connectivity index (χ0v) is 12.2. The van der Waals surface area contributed by atoms with Crippen molar-refractivity contribution in [3.63, 3.8) is 0 Å². The van der Waals surface area contributed by atoms with Crippen molar-refractivity contribution in [3.05, 3.63) is 65.2 Å². The lowest BCUT2D eigenvalue weighted by Crippen LogP contribution is -2.25. The molecule has 0 atom stereocenters. The summed E-state index contributed by atoms with van der Waals surface area (Å²) < 4.78 is 28.3. The van der Waals surface area contributed by atoms with Crippen molar-refractivity contribution in [2.45, 2.75) is 20.0 Å². The van der Waals surface area contributed by atoms with E-state index in [1.54, 1.807) is 24.3 Å². The van der Waals surface area contributed by atoms with Gasteiger partial charge in [-0.25, -0.2) is 0 Å². The molecular formula is C17H17F2NO2. The van der Waals surface area contributed by atoms with E-state index in [0.717, 1.165) is 11.1 Å². The lowest BCUT2D eigenvalue weighted by atomic mass is 10.1. The van der Waals surface area contributed by atoms with Crippen LogP contribution in [0.3, 0.4) is 0 Å². The van der Waals surface area contributed by atoms with Crippen LogP contribution in [0.4, 0.5) is 8.78 Å². The Hall–Kier alpha value is -2.43. The molecule has 0 heterocycles. The predicted octanol–water partition coefficient (Wildman–Crippen LogP) is 3.57. The SMILES string of the molecule is Cc1ccc(C(=O)NCCc2ccc(OC(F)F)cc2)cc1. The lowest BCUT2D eigenvalue weighted by molar-refractivity contribution is -0.0498. The summed E-state index contributed by atoms with van der Waals surface area (Å²) in [6.07, 6.45) is 0.618. The predicted molar refractivity (Wildman–Crippen MR) is 80.3 cm³/mol. The van der Waals surface area contributed by atoms with E-state index >= 15 is 0 Å². The maximum Gasteiger partial charge on any atom is 0.387 e. The molecule has 0 fully saturated rings. The Labute approximate surface area is 127 Å². The number of hydrogen-bond donors (Lipinski definition) is 1. The summed E-state index contributed by atoms with van der Waals surface area (Å²) in [5, 5.41) is 2.82. The van der Waals surface area contributed by atoms with Crippen molar-refractivity contribution in [3.8, 4) is 5.75 Å². The minimum absolute atomic E-state index is 0.127. The third kappa shape index (κ3) is 4.84. The van der Waals surface area contributed by atoms with E-state index in [-0.39, 0.29) is 11.7 Å². The van der Waals surface area contributed by atoms with Crippen LogP contribution >= 0.6 is 0 Å². The molecule has 116 valence electrons. The highest BCUT2D eigenvalue weighted by Gasteiger charge is 2.05. The van der Waals surface area contributed by atoms with Crippen LogP contribution in [0.15, 0.2) is 48.5 Å². The van der Waals surface area contributed by atoms with Crippen LogP contribution in [0.5, 0.6) is 5.75 Å². The number of amides is 1. The fraction of sp³-hybridized carbons (Fsp3) is 0.235. The minimum Gasteiger partial charge on any atom is -0.435 e. The molecule has 2 aromatic carbocycles. The van der Waals surface area contributed by atoms with Gasteiger partial charge in [0, 0.05) is 12.1 Å². The number of ether oxygens (including phenoxy) is 1. The first-order chi connectivity index (χ1) is 10.5. The third-order valence-electron chi connectivity index (χ3n) is 3.16. The molecule has 2 aromatic rings. The molecule has 0 bridgehead atoms. The molecule has 0 saturated heterocycles. The molecular weight excluding hydrogens is 288 g/mol. The van der Waals surface area contributed by atoms with Gasteiger partial charge in [0.1, 0.15) is 5.75 Å². The summed E-state index contributed by atoms with van der Waals surface area (Å²) in [5.41, 5.74) is 2.65. The molecule has 0 aliphatic heterocycles. The van der Waals surface area contributed by atoms with Gasteiger partial charge in [-0.2, -0.15) is 8.78 Å². The van der Waals surface area contributed by atoms with Crippen molar-refractivity contribution < 1.29 is 18.3 Å². The molecule has 0 saturated carbocycles. The Morgan fingerprint density at radius 1 is 1.09 bits per heavy atom. The van der Waals surface area contributed by atoms with Crippen LogP contribution in [0, 0.1) is 6.92 Å². The number of nitrogens with one attached hydrogen (secondary N) is 1. The van der Waals surface area contributed by atoms with Crippen molar-refractivity contribution in [2.24, 2.45) is 0 Å². The van der Waals surface area contributed by atoms with E-state index in [9.17, 15) is 13.6 Å². The highest BCUT2D eigenvalue weighted by molar-refractivity contribution is 5.94. The third-order valence-corrected chi connectivity index (χ3v) is 3.16. The van der Waals surface area contributed by atoms with Crippen molar-refractivity contribution in [1.82, 2.24) is 5.32 Å². The highest BCUT2D eigenvalue weighted by Crippen LogP contribution is 2.15. The molecule has 0 aliphatic carbocycles. The highest BCUT2D eigenvalue weighted by atomic mass is 19.3. The van der Waals surface area contributed by atoms with E-state index in [0.29, 0.717) is 18.5 Å². The summed E-state index contributed by atoms with van der Waals surface area (Å²) in [7, 11) is 0.